The number of carbonyl (C=O) groups is 1. The second kappa shape index (κ2) is 4.69. The molecule has 1 aromatic carbocycles. The summed E-state index contributed by atoms with van der Waals surface area (Å²) in [4.78, 5) is 10.9. The SMILES string of the molecule is CC1CCC(C=O)CC1c1ccc(O)cc1. The van der Waals surface area contributed by atoms with Crippen molar-refractivity contribution >= 4 is 6.29 Å². The fourth-order valence-electron chi connectivity index (χ4n) is 2.66. The molecular weight excluding hydrogens is 200 g/mol. The molecule has 0 spiro atoms. The Labute approximate surface area is 96.3 Å². The third-order valence-corrected chi connectivity index (χ3v) is 3.75. The Morgan fingerprint density at radius 2 is 1.94 bits per heavy atom. The van der Waals surface area contributed by atoms with E-state index >= 15 is 0 Å². The zero-order valence-corrected chi connectivity index (χ0v) is 9.60. The van der Waals surface area contributed by atoms with Crippen molar-refractivity contribution in [2.24, 2.45) is 11.8 Å². The van der Waals surface area contributed by atoms with Crippen molar-refractivity contribution in [1.82, 2.24) is 0 Å². The van der Waals surface area contributed by atoms with E-state index in [4.69, 9.17) is 0 Å². The minimum atomic E-state index is 0.218. The van der Waals surface area contributed by atoms with Crippen molar-refractivity contribution in [3.8, 4) is 5.75 Å². The van der Waals surface area contributed by atoms with Gasteiger partial charge in [-0.2, -0.15) is 0 Å². The highest BCUT2D eigenvalue weighted by atomic mass is 16.3. The first-order chi connectivity index (χ1) is 7.70. The van der Waals surface area contributed by atoms with Gasteiger partial charge in [0, 0.05) is 5.92 Å². The molecule has 1 aliphatic carbocycles. The molecule has 1 N–H and O–H groups in total. The molecule has 1 aliphatic rings. The van der Waals surface area contributed by atoms with E-state index in [1.807, 2.05) is 12.1 Å². The Balaban J connectivity index is 2.17. The van der Waals surface area contributed by atoms with Crippen LogP contribution >= 0.6 is 0 Å². The number of benzene rings is 1. The van der Waals surface area contributed by atoms with Crippen LogP contribution in [0.15, 0.2) is 24.3 Å². The fourth-order valence-corrected chi connectivity index (χ4v) is 2.66. The van der Waals surface area contributed by atoms with Crippen LogP contribution in [0.5, 0.6) is 5.75 Å². The number of aldehydes is 1. The third kappa shape index (κ3) is 2.26. The van der Waals surface area contributed by atoms with Gasteiger partial charge in [0.1, 0.15) is 12.0 Å². The molecule has 3 atom stereocenters. The van der Waals surface area contributed by atoms with Crippen molar-refractivity contribution in [1.29, 1.82) is 0 Å². The zero-order valence-electron chi connectivity index (χ0n) is 9.60. The lowest BCUT2D eigenvalue weighted by Crippen LogP contribution is -2.22. The van der Waals surface area contributed by atoms with Crippen molar-refractivity contribution in [3.05, 3.63) is 29.8 Å². The lowest BCUT2D eigenvalue weighted by Gasteiger charge is -2.32. The summed E-state index contributed by atoms with van der Waals surface area (Å²) in [6.45, 7) is 2.25. The lowest BCUT2D eigenvalue weighted by molar-refractivity contribution is -0.112. The van der Waals surface area contributed by atoms with Crippen LogP contribution in [0.2, 0.25) is 0 Å². The van der Waals surface area contributed by atoms with E-state index in [9.17, 15) is 9.90 Å². The summed E-state index contributed by atoms with van der Waals surface area (Å²) in [5.74, 6) is 1.61. The van der Waals surface area contributed by atoms with Gasteiger partial charge >= 0.3 is 0 Å². The van der Waals surface area contributed by atoms with Crippen LogP contribution in [0.1, 0.15) is 37.7 Å². The molecule has 0 radical (unpaired) electrons. The molecule has 86 valence electrons. The number of hydrogen-bond donors (Lipinski definition) is 1. The van der Waals surface area contributed by atoms with E-state index in [2.05, 4.69) is 6.92 Å². The lowest BCUT2D eigenvalue weighted by atomic mass is 9.72. The van der Waals surface area contributed by atoms with Gasteiger partial charge in [-0.05, 0) is 48.8 Å². The van der Waals surface area contributed by atoms with E-state index in [0.29, 0.717) is 17.6 Å². The average Bonchev–Trinajstić information content (AvgIpc) is 2.31. The first-order valence-corrected chi connectivity index (χ1v) is 5.95. The molecule has 0 bridgehead atoms. The van der Waals surface area contributed by atoms with E-state index in [1.165, 1.54) is 5.56 Å². The summed E-state index contributed by atoms with van der Waals surface area (Å²) >= 11 is 0. The van der Waals surface area contributed by atoms with Gasteiger partial charge in [-0.15, -0.1) is 0 Å². The van der Waals surface area contributed by atoms with Gasteiger partial charge in [-0.3, -0.25) is 0 Å². The Morgan fingerprint density at radius 3 is 2.56 bits per heavy atom. The maximum atomic E-state index is 10.9. The summed E-state index contributed by atoms with van der Waals surface area (Å²) in [6.07, 6.45) is 4.20. The zero-order chi connectivity index (χ0) is 11.5. The summed E-state index contributed by atoms with van der Waals surface area (Å²) in [5, 5.41) is 9.26. The molecule has 0 aromatic heterocycles. The molecular formula is C14H18O2. The van der Waals surface area contributed by atoms with Crippen LogP contribution in [0.4, 0.5) is 0 Å². The second-order valence-electron chi connectivity index (χ2n) is 4.88. The highest BCUT2D eigenvalue weighted by molar-refractivity contribution is 5.54. The van der Waals surface area contributed by atoms with E-state index < -0.39 is 0 Å². The van der Waals surface area contributed by atoms with Crippen LogP contribution in [0.3, 0.4) is 0 Å². The van der Waals surface area contributed by atoms with E-state index in [-0.39, 0.29) is 5.92 Å². The van der Waals surface area contributed by atoms with Gasteiger partial charge in [0.2, 0.25) is 0 Å². The largest absolute Gasteiger partial charge is 0.508 e. The normalized spacial score (nSPS) is 29.9. The standard InChI is InChI=1S/C14H18O2/c1-10-2-3-11(9-15)8-14(10)12-4-6-13(16)7-5-12/h4-7,9-11,14,16H,2-3,8H2,1H3. The van der Waals surface area contributed by atoms with Crippen LogP contribution < -0.4 is 0 Å². The maximum absolute atomic E-state index is 10.9. The maximum Gasteiger partial charge on any atom is 0.123 e. The molecule has 2 nitrogen and oxygen atoms in total. The monoisotopic (exact) mass is 218 g/mol. The molecule has 0 heterocycles. The highest BCUT2D eigenvalue weighted by Gasteiger charge is 2.28. The Bertz CT molecular complexity index is 356. The number of rotatable bonds is 2. The molecule has 3 unspecified atom stereocenters. The summed E-state index contributed by atoms with van der Waals surface area (Å²) in [5.41, 5.74) is 1.25. The average molecular weight is 218 g/mol. The van der Waals surface area contributed by atoms with E-state index in [1.54, 1.807) is 12.1 Å². The third-order valence-electron chi connectivity index (χ3n) is 3.75. The van der Waals surface area contributed by atoms with Crippen LogP contribution in [0.25, 0.3) is 0 Å². The van der Waals surface area contributed by atoms with Gasteiger partial charge in [-0.1, -0.05) is 19.1 Å². The molecule has 2 rings (SSSR count). The van der Waals surface area contributed by atoms with Crippen molar-refractivity contribution in [3.63, 3.8) is 0 Å². The molecule has 0 saturated heterocycles. The smallest absolute Gasteiger partial charge is 0.123 e. The molecule has 1 saturated carbocycles. The minimum absolute atomic E-state index is 0.218. The Kier molecular flexibility index (Phi) is 3.28. The van der Waals surface area contributed by atoms with E-state index in [0.717, 1.165) is 25.5 Å². The summed E-state index contributed by atoms with van der Waals surface area (Å²) < 4.78 is 0. The topological polar surface area (TPSA) is 37.3 Å². The molecule has 0 amide bonds. The predicted octanol–water partition coefficient (Wildman–Crippen LogP) is 3.11. The van der Waals surface area contributed by atoms with Crippen molar-refractivity contribution < 1.29 is 9.90 Å². The fraction of sp³-hybridized carbons (Fsp3) is 0.500. The van der Waals surface area contributed by atoms with Crippen LogP contribution in [-0.4, -0.2) is 11.4 Å². The molecule has 2 heteroatoms. The second-order valence-corrected chi connectivity index (χ2v) is 4.88. The first-order valence-electron chi connectivity index (χ1n) is 5.95. The number of phenolic OH excluding ortho intramolecular Hbond substituents is 1. The van der Waals surface area contributed by atoms with Gasteiger partial charge in [0.25, 0.3) is 0 Å². The van der Waals surface area contributed by atoms with Crippen molar-refractivity contribution in [2.45, 2.75) is 32.1 Å². The first kappa shape index (κ1) is 11.2. The Morgan fingerprint density at radius 1 is 1.25 bits per heavy atom. The van der Waals surface area contributed by atoms with Gasteiger partial charge in [-0.25, -0.2) is 0 Å². The summed E-state index contributed by atoms with van der Waals surface area (Å²) in [6, 6.07) is 7.41. The van der Waals surface area contributed by atoms with Crippen molar-refractivity contribution in [2.75, 3.05) is 0 Å². The molecule has 1 fully saturated rings. The number of carbonyl (C=O) groups excluding carboxylic acids is 1. The molecule has 0 aliphatic heterocycles. The van der Waals surface area contributed by atoms with Crippen LogP contribution in [-0.2, 0) is 4.79 Å². The summed E-state index contributed by atoms with van der Waals surface area (Å²) in [7, 11) is 0. The van der Waals surface area contributed by atoms with Gasteiger partial charge in [0.15, 0.2) is 0 Å². The minimum Gasteiger partial charge on any atom is -0.508 e. The number of aromatic hydroxyl groups is 1. The van der Waals surface area contributed by atoms with Gasteiger partial charge in [0.05, 0.1) is 0 Å². The van der Waals surface area contributed by atoms with Gasteiger partial charge < -0.3 is 9.90 Å². The molecule has 16 heavy (non-hydrogen) atoms. The Hall–Kier alpha value is -1.31. The quantitative estimate of drug-likeness (QED) is 0.774. The van der Waals surface area contributed by atoms with Crippen LogP contribution in [0, 0.1) is 11.8 Å². The molecule has 1 aromatic rings. The number of phenols is 1. The highest BCUT2D eigenvalue weighted by Crippen LogP contribution is 2.39. The predicted molar refractivity (Wildman–Crippen MR) is 63.4 cm³/mol. The number of hydrogen-bond acceptors (Lipinski definition) is 2.